The van der Waals surface area contributed by atoms with Crippen molar-refractivity contribution in [3.8, 4) is 5.75 Å². The van der Waals surface area contributed by atoms with E-state index in [2.05, 4.69) is 0 Å². The molecule has 0 radical (unpaired) electrons. The highest BCUT2D eigenvalue weighted by Crippen LogP contribution is 2.37. The van der Waals surface area contributed by atoms with Crippen molar-refractivity contribution < 1.29 is 13.5 Å². The first kappa shape index (κ1) is 15.8. The molecule has 0 aliphatic carbocycles. The molecule has 5 heteroatoms. The SMILES string of the molecule is COc1ccccc1Sc1c(F)cc(CC(C)N)cc1F. The van der Waals surface area contributed by atoms with Crippen molar-refractivity contribution in [2.24, 2.45) is 5.73 Å². The molecule has 112 valence electrons. The summed E-state index contributed by atoms with van der Waals surface area (Å²) in [6.07, 6.45) is 0.438. The van der Waals surface area contributed by atoms with Gasteiger partial charge in [-0.25, -0.2) is 8.78 Å². The second kappa shape index (κ2) is 6.91. The predicted octanol–water partition coefficient (Wildman–Crippen LogP) is 4.01. The molecule has 0 aromatic heterocycles. The number of rotatable bonds is 5. The monoisotopic (exact) mass is 309 g/mol. The van der Waals surface area contributed by atoms with E-state index in [1.54, 1.807) is 31.2 Å². The van der Waals surface area contributed by atoms with Crippen molar-refractivity contribution in [3.05, 3.63) is 53.6 Å². The Bertz CT molecular complexity index is 608. The number of para-hydroxylation sites is 1. The summed E-state index contributed by atoms with van der Waals surface area (Å²) < 4.78 is 33.5. The van der Waals surface area contributed by atoms with Crippen LogP contribution in [0.5, 0.6) is 5.75 Å². The first-order valence-electron chi connectivity index (χ1n) is 6.55. The third-order valence-corrected chi connectivity index (χ3v) is 4.05. The second-order valence-corrected chi connectivity index (χ2v) is 5.88. The summed E-state index contributed by atoms with van der Waals surface area (Å²) >= 11 is 1.01. The molecule has 21 heavy (non-hydrogen) atoms. The normalized spacial score (nSPS) is 12.2. The molecular weight excluding hydrogens is 292 g/mol. The van der Waals surface area contributed by atoms with Gasteiger partial charge < -0.3 is 10.5 Å². The van der Waals surface area contributed by atoms with Crippen LogP contribution >= 0.6 is 11.8 Å². The molecule has 0 aliphatic heterocycles. The number of benzene rings is 2. The van der Waals surface area contributed by atoms with Crippen molar-refractivity contribution in [1.82, 2.24) is 0 Å². The lowest BCUT2D eigenvalue weighted by molar-refractivity contribution is 0.404. The van der Waals surface area contributed by atoms with Crippen LogP contribution in [0.15, 0.2) is 46.2 Å². The van der Waals surface area contributed by atoms with E-state index in [4.69, 9.17) is 10.5 Å². The summed E-state index contributed by atoms with van der Waals surface area (Å²) in [5.74, 6) is -0.580. The Morgan fingerprint density at radius 3 is 2.38 bits per heavy atom. The number of hydrogen-bond acceptors (Lipinski definition) is 3. The van der Waals surface area contributed by atoms with Crippen LogP contribution < -0.4 is 10.5 Å². The van der Waals surface area contributed by atoms with Crippen LogP contribution in [0.4, 0.5) is 8.78 Å². The van der Waals surface area contributed by atoms with Gasteiger partial charge in [-0.3, -0.25) is 0 Å². The Morgan fingerprint density at radius 1 is 1.19 bits per heavy atom. The number of ether oxygens (including phenoxy) is 1. The third-order valence-electron chi connectivity index (χ3n) is 2.90. The van der Waals surface area contributed by atoms with Crippen LogP contribution in [0.1, 0.15) is 12.5 Å². The summed E-state index contributed by atoms with van der Waals surface area (Å²) in [6.45, 7) is 1.80. The van der Waals surface area contributed by atoms with E-state index in [1.807, 2.05) is 0 Å². The van der Waals surface area contributed by atoms with Gasteiger partial charge in [-0.2, -0.15) is 0 Å². The maximum atomic E-state index is 14.1. The Hall–Kier alpha value is -1.59. The largest absolute Gasteiger partial charge is 0.496 e. The molecule has 0 fully saturated rings. The first-order chi connectivity index (χ1) is 10.0. The molecule has 2 aromatic rings. The minimum Gasteiger partial charge on any atom is -0.496 e. The quantitative estimate of drug-likeness (QED) is 0.906. The molecule has 2 nitrogen and oxygen atoms in total. The third kappa shape index (κ3) is 3.95. The van der Waals surface area contributed by atoms with E-state index in [0.717, 1.165) is 11.8 Å². The van der Waals surface area contributed by atoms with Crippen LogP contribution in [-0.2, 0) is 6.42 Å². The van der Waals surface area contributed by atoms with E-state index < -0.39 is 11.6 Å². The zero-order chi connectivity index (χ0) is 15.4. The van der Waals surface area contributed by atoms with Gasteiger partial charge in [0.15, 0.2) is 0 Å². The van der Waals surface area contributed by atoms with Gasteiger partial charge in [0.25, 0.3) is 0 Å². The van der Waals surface area contributed by atoms with E-state index in [0.29, 0.717) is 22.6 Å². The van der Waals surface area contributed by atoms with Gasteiger partial charge in [0.05, 0.1) is 16.9 Å². The molecule has 2 rings (SSSR count). The molecule has 0 saturated heterocycles. The smallest absolute Gasteiger partial charge is 0.140 e. The lowest BCUT2D eigenvalue weighted by Gasteiger charge is -2.11. The maximum Gasteiger partial charge on any atom is 0.140 e. The standard InChI is InChI=1S/C16H17F2NOS/c1-10(19)7-11-8-12(17)16(13(18)9-11)21-15-6-4-3-5-14(15)20-2/h3-6,8-10H,7,19H2,1-2H3. The average Bonchev–Trinajstić information content (AvgIpc) is 2.42. The maximum absolute atomic E-state index is 14.1. The highest BCUT2D eigenvalue weighted by molar-refractivity contribution is 7.99. The van der Waals surface area contributed by atoms with Crippen LogP contribution in [0, 0.1) is 11.6 Å². The van der Waals surface area contributed by atoms with Crippen LogP contribution in [0.25, 0.3) is 0 Å². The number of hydrogen-bond donors (Lipinski definition) is 1. The van der Waals surface area contributed by atoms with Crippen molar-refractivity contribution in [2.75, 3.05) is 7.11 Å². The van der Waals surface area contributed by atoms with Gasteiger partial charge in [-0.15, -0.1) is 0 Å². The minimum absolute atomic E-state index is 0.0343. The Morgan fingerprint density at radius 2 is 1.81 bits per heavy atom. The molecule has 0 aliphatic rings. The van der Waals surface area contributed by atoms with E-state index in [-0.39, 0.29) is 10.9 Å². The van der Waals surface area contributed by atoms with Crippen molar-refractivity contribution >= 4 is 11.8 Å². The fourth-order valence-electron chi connectivity index (χ4n) is 2.01. The number of methoxy groups -OCH3 is 1. The van der Waals surface area contributed by atoms with Gasteiger partial charge in [-0.05, 0) is 43.2 Å². The van der Waals surface area contributed by atoms with Gasteiger partial charge in [0.1, 0.15) is 17.4 Å². The van der Waals surface area contributed by atoms with Crippen molar-refractivity contribution in [3.63, 3.8) is 0 Å². The molecule has 0 bridgehead atoms. The number of nitrogens with two attached hydrogens (primary N) is 1. The molecule has 0 saturated carbocycles. The van der Waals surface area contributed by atoms with Crippen LogP contribution in [-0.4, -0.2) is 13.2 Å². The summed E-state index contributed by atoms with van der Waals surface area (Å²) in [4.78, 5) is 0.630. The van der Waals surface area contributed by atoms with Crippen LogP contribution in [0.3, 0.4) is 0 Å². The summed E-state index contributed by atoms with van der Waals surface area (Å²) in [6, 6.07) is 9.65. The molecule has 0 amide bonds. The molecule has 0 spiro atoms. The highest BCUT2D eigenvalue weighted by Gasteiger charge is 2.15. The summed E-state index contributed by atoms with van der Waals surface area (Å²) in [7, 11) is 1.53. The Kier molecular flexibility index (Phi) is 5.20. The molecule has 1 unspecified atom stereocenters. The van der Waals surface area contributed by atoms with Gasteiger partial charge in [-0.1, -0.05) is 23.9 Å². The van der Waals surface area contributed by atoms with Crippen LogP contribution in [0.2, 0.25) is 0 Å². The van der Waals surface area contributed by atoms with Gasteiger partial charge >= 0.3 is 0 Å². The lowest BCUT2D eigenvalue weighted by Crippen LogP contribution is -2.18. The van der Waals surface area contributed by atoms with E-state index in [1.165, 1.54) is 19.2 Å². The fourth-order valence-corrected chi connectivity index (χ4v) is 2.94. The van der Waals surface area contributed by atoms with Gasteiger partial charge in [0, 0.05) is 6.04 Å². The molecule has 0 heterocycles. The molecular formula is C16H17F2NOS. The molecule has 2 N–H and O–H groups in total. The first-order valence-corrected chi connectivity index (χ1v) is 7.37. The molecule has 2 aromatic carbocycles. The van der Waals surface area contributed by atoms with E-state index >= 15 is 0 Å². The summed E-state index contributed by atoms with van der Waals surface area (Å²) in [5.41, 5.74) is 6.22. The minimum atomic E-state index is -0.582. The highest BCUT2D eigenvalue weighted by atomic mass is 32.2. The topological polar surface area (TPSA) is 35.2 Å². The Labute approximate surface area is 127 Å². The van der Waals surface area contributed by atoms with Crippen molar-refractivity contribution in [2.45, 2.75) is 29.2 Å². The number of halogens is 2. The summed E-state index contributed by atoms with van der Waals surface area (Å²) in [5, 5.41) is 0. The average molecular weight is 309 g/mol. The van der Waals surface area contributed by atoms with E-state index in [9.17, 15) is 8.78 Å². The fraction of sp³-hybridized carbons (Fsp3) is 0.250. The second-order valence-electron chi connectivity index (χ2n) is 4.82. The predicted molar refractivity (Wildman–Crippen MR) is 80.8 cm³/mol. The zero-order valence-electron chi connectivity index (χ0n) is 11.9. The lowest BCUT2D eigenvalue weighted by atomic mass is 10.1. The zero-order valence-corrected chi connectivity index (χ0v) is 12.7. The molecule has 1 atom stereocenters. The van der Waals surface area contributed by atoms with Crippen molar-refractivity contribution in [1.29, 1.82) is 0 Å². The van der Waals surface area contributed by atoms with Gasteiger partial charge in [0.2, 0.25) is 0 Å². The Balaban J connectivity index is 2.32.